The quantitative estimate of drug-likeness (QED) is 0.281. The van der Waals surface area contributed by atoms with Crippen molar-refractivity contribution in [3.05, 3.63) is 0 Å². The third kappa shape index (κ3) is 3.16. The van der Waals surface area contributed by atoms with Crippen molar-refractivity contribution in [2.45, 2.75) is 18.6 Å². The summed E-state index contributed by atoms with van der Waals surface area (Å²) in [5, 5.41) is 7.05. The molecule has 0 aliphatic rings. The van der Waals surface area contributed by atoms with Gasteiger partial charge in [-0.15, -0.1) is 0 Å². The summed E-state index contributed by atoms with van der Waals surface area (Å²) in [6, 6.07) is 0. The Morgan fingerprint density at radius 1 is 1.56 bits per heavy atom. The Kier molecular flexibility index (Phi) is 3.09. The van der Waals surface area contributed by atoms with Gasteiger partial charge in [-0.05, 0) is 13.8 Å². The Morgan fingerprint density at radius 2 is 1.89 bits per heavy atom. The zero-order valence-electron chi connectivity index (χ0n) is 5.29. The molecular formula is C4H10NO2PS. The van der Waals surface area contributed by atoms with Crippen LogP contribution in [0.15, 0.2) is 0 Å². The van der Waals surface area contributed by atoms with Crippen LogP contribution < -0.4 is 0 Å². The van der Waals surface area contributed by atoms with Crippen molar-refractivity contribution in [2.24, 2.45) is 0 Å². The van der Waals surface area contributed by atoms with Crippen molar-refractivity contribution < 1.29 is 9.79 Å². The number of rotatable bonds is 2. The molecule has 0 fully saturated rings. The van der Waals surface area contributed by atoms with Gasteiger partial charge in [0.15, 0.2) is 0 Å². The first kappa shape index (κ1) is 9.37. The van der Waals surface area contributed by atoms with E-state index in [4.69, 9.17) is 15.2 Å². The summed E-state index contributed by atoms with van der Waals surface area (Å²) in [7, 11) is -2.24. The van der Waals surface area contributed by atoms with Crippen molar-refractivity contribution in [3.63, 3.8) is 0 Å². The monoisotopic (exact) mass is 167 g/mol. The van der Waals surface area contributed by atoms with Crippen LogP contribution in [-0.2, 0) is 0 Å². The van der Waals surface area contributed by atoms with Crippen molar-refractivity contribution in [2.75, 3.05) is 0 Å². The van der Waals surface area contributed by atoms with Crippen LogP contribution in [0.1, 0.15) is 13.8 Å². The molecule has 0 unspecified atom stereocenters. The molecule has 5 heteroatoms. The Hall–Kier alpha value is 0.370. The molecule has 54 valence electrons. The first-order chi connectivity index (χ1) is 3.85. The normalized spacial score (nSPS) is 12.2. The third-order valence-electron chi connectivity index (χ3n) is 0.780. The molecule has 9 heavy (non-hydrogen) atoms. The lowest BCUT2D eigenvalue weighted by Gasteiger charge is -2.18. The standard InChI is InChI=1S/C4H10NO2PS/c1-4(2,9)3(5)8(6)7/h5-7,9H,1-2H3. The molecule has 0 aromatic heterocycles. The summed E-state index contributed by atoms with van der Waals surface area (Å²) in [5.74, 6) is 0. The molecule has 0 atom stereocenters. The molecule has 0 aromatic carbocycles. The first-order valence-electron chi connectivity index (χ1n) is 2.35. The van der Waals surface area contributed by atoms with Gasteiger partial charge in [0.1, 0.15) is 5.45 Å². The molecule has 0 radical (unpaired) electrons. The van der Waals surface area contributed by atoms with Crippen LogP contribution in [0.25, 0.3) is 0 Å². The number of nitrogens with one attached hydrogen (secondary N) is 1. The maximum absolute atomic E-state index is 8.50. The Labute approximate surface area is 60.9 Å². The van der Waals surface area contributed by atoms with Gasteiger partial charge in [0.25, 0.3) is 0 Å². The van der Waals surface area contributed by atoms with Crippen molar-refractivity contribution in [1.82, 2.24) is 0 Å². The number of thiol groups is 1. The molecule has 0 aliphatic heterocycles. The van der Waals surface area contributed by atoms with E-state index in [9.17, 15) is 0 Å². The van der Waals surface area contributed by atoms with Gasteiger partial charge in [-0.3, -0.25) is 5.41 Å². The maximum Gasteiger partial charge on any atom is 0.215 e. The Bertz CT molecular complexity index is 120. The van der Waals surface area contributed by atoms with Crippen molar-refractivity contribution in [1.29, 1.82) is 5.41 Å². The van der Waals surface area contributed by atoms with Gasteiger partial charge in [-0.1, -0.05) is 0 Å². The van der Waals surface area contributed by atoms with Gasteiger partial charge in [0.05, 0.1) is 4.75 Å². The summed E-state index contributed by atoms with van der Waals surface area (Å²) in [4.78, 5) is 17.0. The minimum Gasteiger partial charge on any atom is -0.346 e. The van der Waals surface area contributed by atoms with Crippen LogP contribution in [0.2, 0.25) is 0 Å². The summed E-state index contributed by atoms with van der Waals surface area (Å²) in [6.45, 7) is 3.28. The number of hydrogen-bond acceptors (Lipinski definition) is 4. The van der Waals surface area contributed by atoms with E-state index >= 15 is 0 Å². The van der Waals surface area contributed by atoms with Gasteiger partial charge in [0.2, 0.25) is 8.38 Å². The minimum absolute atomic E-state index is 0.124. The zero-order chi connectivity index (χ0) is 7.65. The van der Waals surface area contributed by atoms with Crippen LogP contribution >= 0.6 is 21.0 Å². The van der Waals surface area contributed by atoms with Crippen LogP contribution in [-0.4, -0.2) is 20.0 Å². The van der Waals surface area contributed by atoms with Gasteiger partial charge >= 0.3 is 0 Å². The van der Waals surface area contributed by atoms with E-state index in [0.29, 0.717) is 0 Å². The second-order valence-electron chi connectivity index (χ2n) is 2.20. The highest BCUT2D eigenvalue weighted by Gasteiger charge is 2.24. The van der Waals surface area contributed by atoms with Gasteiger partial charge in [0, 0.05) is 0 Å². The fourth-order valence-corrected chi connectivity index (χ4v) is 1.00. The lowest BCUT2D eigenvalue weighted by Crippen LogP contribution is -2.21. The molecule has 0 spiro atoms. The van der Waals surface area contributed by atoms with Gasteiger partial charge in [-0.2, -0.15) is 12.6 Å². The predicted molar refractivity (Wildman–Crippen MR) is 42.1 cm³/mol. The van der Waals surface area contributed by atoms with E-state index < -0.39 is 13.1 Å². The number of hydrogen-bond donors (Lipinski definition) is 4. The molecule has 0 bridgehead atoms. The molecule has 0 aliphatic carbocycles. The average Bonchev–Trinajstić information content (AvgIpc) is 1.62. The molecule has 0 rings (SSSR count). The fourth-order valence-electron chi connectivity index (χ4n) is 0.245. The van der Waals surface area contributed by atoms with E-state index in [2.05, 4.69) is 12.6 Å². The van der Waals surface area contributed by atoms with Crippen LogP contribution in [0, 0.1) is 5.41 Å². The summed E-state index contributed by atoms with van der Waals surface area (Å²) in [5.41, 5.74) is -0.124. The van der Waals surface area contributed by atoms with Crippen LogP contribution in [0.4, 0.5) is 0 Å². The highest BCUT2D eigenvalue weighted by Crippen LogP contribution is 2.34. The predicted octanol–water partition coefficient (Wildman–Crippen LogP) is 0.969. The highest BCUT2D eigenvalue weighted by atomic mass is 32.1. The van der Waals surface area contributed by atoms with Gasteiger partial charge < -0.3 is 9.79 Å². The molecule has 0 saturated carbocycles. The molecular weight excluding hydrogens is 157 g/mol. The largest absolute Gasteiger partial charge is 0.346 e. The lowest BCUT2D eigenvalue weighted by molar-refractivity contribution is 0.498. The SMILES string of the molecule is CC(C)(S)C(=N)P(O)O. The van der Waals surface area contributed by atoms with E-state index in [1.807, 2.05) is 0 Å². The molecule has 0 heterocycles. The van der Waals surface area contributed by atoms with E-state index in [-0.39, 0.29) is 5.45 Å². The second-order valence-corrected chi connectivity index (χ2v) is 4.34. The Balaban J connectivity index is 4.06. The molecule has 0 amide bonds. The zero-order valence-corrected chi connectivity index (χ0v) is 7.08. The second kappa shape index (κ2) is 2.97. The highest BCUT2D eigenvalue weighted by molar-refractivity contribution is 7.85. The van der Waals surface area contributed by atoms with E-state index in [1.54, 1.807) is 13.8 Å². The summed E-state index contributed by atoms with van der Waals surface area (Å²) >= 11 is 3.96. The average molecular weight is 167 g/mol. The minimum atomic E-state index is -2.24. The summed E-state index contributed by atoms with van der Waals surface area (Å²) in [6.07, 6.45) is 0. The topological polar surface area (TPSA) is 64.3 Å². The van der Waals surface area contributed by atoms with E-state index in [0.717, 1.165) is 0 Å². The van der Waals surface area contributed by atoms with Gasteiger partial charge in [-0.25, -0.2) is 0 Å². The van der Waals surface area contributed by atoms with Crippen LogP contribution in [0.3, 0.4) is 0 Å². The molecule has 0 aromatic rings. The van der Waals surface area contributed by atoms with E-state index in [1.165, 1.54) is 0 Å². The molecule has 0 saturated heterocycles. The van der Waals surface area contributed by atoms with Crippen LogP contribution in [0.5, 0.6) is 0 Å². The molecule has 3 N–H and O–H groups in total. The fraction of sp³-hybridized carbons (Fsp3) is 0.750. The summed E-state index contributed by atoms with van der Waals surface area (Å²) < 4.78 is -0.713. The third-order valence-corrected chi connectivity index (χ3v) is 2.14. The smallest absolute Gasteiger partial charge is 0.215 e. The Morgan fingerprint density at radius 3 is 1.89 bits per heavy atom. The maximum atomic E-state index is 8.50. The molecule has 3 nitrogen and oxygen atoms in total. The lowest BCUT2D eigenvalue weighted by atomic mass is 10.2. The van der Waals surface area contributed by atoms with Crippen molar-refractivity contribution in [3.8, 4) is 0 Å². The first-order valence-corrected chi connectivity index (χ1v) is 4.04. The van der Waals surface area contributed by atoms with Crippen molar-refractivity contribution >= 4 is 26.5 Å².